The molecule has 0 aliphatic carbocycles. The average Bonchev–Trinajstić information content (AvgIpc) is 2.26. The first-order chi connectivity index (χ1) is 8.50. The van der Waals surface area contributed by atoms with Crippen molar-refractivity contribution in [3.05, 3.63) is 24.4 Å². The highest BCUT2D eigenvalue weighted by Gasteiger charge is 2.74. The van der Waals surface area contributed by atoms with E-state index in [2.05, 4.69) is 4.98 Å². The van der Waals surface area contributed by atoms with Crippen molar-refractivity contribution in [3.63, 3.8) is 0 Å². The Hall–Kier alpha value is -1.32. The van der Waals surface area contributed by atoms with Gasteiger partial charge in [0.1, 0.15) is 5.82 Å². The summed E-state index contributed by atoms with van der Waals surface area (Å²) < 4.78 is 70.3. The molecular weight excluding hydrogens is 346 g/mol. The number of amides is 1. The zero-order valence-electron chi connectivity index (χ0n) is 8.81. The molecule has 1 heterocycles. The number of rotatable bonds is 2. The Bertz CT molecular complexity index is 444. The van der Waals surface area contributed by atoms with Gasteiger partial charge in [-0.1, -0.05) is 22.0 Å². The van der Waals surface area contributed by atoms with Gasteiger partial charge in [-0.25, -0.2) is 4.98 Å². The van der Waals surface area contributed by atoms with Gasteiger partial charge >= 0.3 is 12.4 Å². The number of carbonyl (C=O) groups excluding carboxylic acids is 1. The summed E-state index contributed by atoms with van der Waals surface area (Å²) in [5, 5.41) is 1.46. The maximum atomic E-state index is 12.5. The third-order valence-electron chi connectivity index (χ3n) is 2.00. The van der Waals surface area contributed by atoms with Gasteiger partial charge in [-0.05, 0) is 12.1 Å². The molecule has 1 rings (SSSR count). The quantitative estimate of drug-likeness (QED) is 0.657. The number of pyridine rings is 1. The van der Waals surface area contributed by atoms with Gasteiger partial charge in [-0.15, -0.1) is 0 Å². The highest BCUT2D eigenvalue weighted by Crippen LogP contribution is 2.49. The highest BCUT2D eigenvalue weighted by molar-refractivity contribution is 9.10. The summed E-state index contributed by atoms with van der Waals surface area (Å²) >= 11 is 1.46. The molecule has 0 spiro atoms. The molecule has 1 amide bonds. The minimum atomic E-state index is -5.86. The lowest BCUT2D eigenvalue weighted by Crippen LogP contribution is -2.59. The lowest BCUT2D eigenvalue weighted by molar-refractivity contribution is -0.253. The van der Waals surface area contributed by atoms with Crippen LogP contribution in [-0.4, -0.2) is 27.6 Å². The van der Waals surface area contributed by atoms with Gasteiger partial charge in [0.05, 0.1) is 0 Å². The van der Waals surface area contributed by atoms with E-state index in [1.165, 1.54) is 33.4 Å². The number of halogens is 7. The number of carbonyl (C=O) groups is 1. The van der Waals surface area contributed by atoms with Crippen LogP contribution in [0.1, 0.15) is 0 Å². The lowest BCUT2D eigenvalue weighted by Gasteiger charge is -2.30. The van der Waals surface area contributed by atoms with Crippen LogP contribution in [0.15, 0.2) is 24.4 Å². The van der Waals surface area contributed by atoms with Gasteiger partial charge in [0.25, 0.3) is 10.2 Å². The van der Waals surface area contributed by atoms with E-state index in [1.807, 2.05) is 0 Å². The smallest absolute Gasteiger partial charge is 0.309 e. The summed E-state index contributed by atoms with van der Waals surface area (Å²) in [7, 11) is 0. The summed E-state index contributed by atoms with van der Waals surface area (Å²) in [4.78, 5) is 14.7. The standard InChI is InChI=1S/C9H5BrF6N2O/c10-7(8(11,12)13,9(14,15)16)6(19)18-5-3-1-2-4-17-5/h1-4H,(H,17,18,19). The minimum absolute atomic E-state index is 0.426. The maximum absolute atomic E-state index is 12.5. The molecule has 19 heavy (non-hydrogen) atoms. The van der Waals surface area contributed by atoms with Crippen molar-refractivity contribution in [2.24, 2.45) is 0 Å². The highest BCUT2D eigenvalue weighted by atomic mass is 79.9. The first-order valence-electron chi connectivity index (χ1n) is 4.55. The predicted molar refractivity (Wildman–Crippen MR) is 56.6 cm³/mol. The summed E-state index contributed by atoms with van der Waals surface area (Å²) in [6.45, 7) is 0. The Kier molecular flexibility index (Phi) is 4.13. The van der Waals surface area contributed by atoms with Crippen LogP contribution in [0.25, 0.3) is 0 Å². The Morgan fingerprint density at radius 3 is 2.00 bits per heavy atom. The summed E-state index contributed by atoms with van der Waals surface area (Å²) in [6, 6.07) is 3.72. The molecule has 0 saturated heterocycles. The fourth-order valence-electron chi connectivity index (χ4n) is 1.06. The van der Waals surface area contributed by atoms with Gasteiger partial charge in [0, 0.05) is 6.20 Å². The van der Waals surface area contributed by atoms with Crippen molar-refractivity contribution in [2.45, 2.75) is 16.7 Å². The Labute approximate surface area is 111 Å². The van der Waals surface area contributed by atoms with Crippen molar-refractivity contribution in [2.75, 3.05) is 5.32 Å². The maximum Gasteiger partial charge on any atom is 0.421 e. The first kappa shape index (κ1) is 15.7. The minimum Gasteiger partial charge on any atom is -0.309 e. The van der Waals surface area contributed by atoms with Crippen LogP contribution in [-0.2, 0) is 4.79 Å². The van der Waals surface area contributed by atoms with Gasteiger partial charge in [-0.3, -0.25) is 4.79 Å². The van der Waals surface area contributed by atoms with Crippen LogP contribution >= 0.6 is 15.9 Å². The molecule has 0 unspecified atom stereocenters. The summed E-state index contributed by atoms with van der Waals surface area (Å²) in [5.41, 5.74) is 0. The molecule has 106 valence electrons. The Morgan fingerprint density at radius 2 is 1.63 bits per heavy atom. The van der Waals surface area contributed by atoms with Gasteiger partial charge in [0.15, 0.2) is 0 Å². The molecule has 0 radical (unpaired) electrons. The van der Waals surface area contributed by atoms with E-state index in [0.717, 1.165) is 12.3 Å². The van der Waals surface area contributed by atoms with Gasteiger partial charge in [0.2, 0.25) is 0 Å². The number of hydrogen-bond donors (Lipinski definition) is 1. The van der Waals surface area contributed by atoms with Crippen molar-refractivity contribution in [1.29, 1.82) is 0 Å². The van der Waals surface area contributed by atoms with E-state index >= 15 is 0 Å². The van der Waals surface area contributed by atoms with Crippen LogP contribution in [0.3, 0.4) is 0 Å². The third kappa shape index (κ3) is 2.99. The van der Waals surface area contributed by atoms with Crippen LogP contribution in [0.5, 0.6) is 0 Å². The lowest BCUT2D eigenvalue weighted by atomic mass is 10.1. The average molecular weight is 351 g/mol. The second kappa shape index (κ2) is 4.99. The molecule has 0 fully saturated rings. The largest absolute Gasteiger partial charge is 0.421 e. The van der Waals surface area contributed by atoms with Gasteiger partial charge in [-0.2, -0.15) is 26.3 Å². The molecule has 1 aromatic rings. The summed E-state index contributed by atoms with van der Waals surface area (Å²) in [5.74, 6) is -2.74. The number of nitrogens with zero attached hydrogens (tertiary/aromatic N) is 1. The van der Waals surface area contributed by atoms with E-state index in [9.17, 15) is 31.1 Å². The Morgan fingerprint density at radius 1 is 1.11 bits per heavy atom. The molecule has 0 aliphatic heterocycles. The summed E-state index contributed by atoms with van der Waals surface area (Å²) in [6.07, 6.45) is -10.6. The van der Waals surface area contributed by atoms with E-state index in [0.29, 0.717) is 0 Å². The molecular formula is C9H5BrF6N2O. The SMILES string of the molecule is O=C(Nc1ccccn1)C(Br)(C(F)(F)F)C(F)(F)F. The van der Waals surface area contributed by atoms with E-state index < -0.39 is 28.4 Å². The molecule has 1 N–H and O–H groups in total. The number of anilines is 1. The van der Waals surface area contributed by atoms with E-state index in [4.69, 9.17) is 0 Å². The third-order valence-corrected chi connectivity index (χ3v) is 3.26. The second-order valence-electron chi connectivity index (χ2n) is 3.32. The first-order valence-corrected chi connectivity index (χ1v) is 5.34. The van der Waals surface area contributed by atoms with Crippen LogP contribution in [0.4, 0.5) is 32.2 Å². The molecule has 10 heteroatoms. The van der Waals surface area contributed by atoms with Crippen molar-refractivity contribution < 1.29 is 31.1 Å². The van der Waals surface area contributed by atoms with E-state index in [-0.39, 0.29) is 0 Å². The van der Waals surface area contributed by atoms with Gasteiger partial charge < -0.3 is 5.32 Å². The van der Waals surface area contributed by atoms with Crippen LogP contribution in [0.2, 0.25) is 0 Å². The number of aromatic nitrogens is 1. The second-order valence-corrected chi connectivity index (χ2v) is 4.51. The van der Waals surface area contributed by atoms with Crippen molar-refractivity contribution >= 4 is 27.7 Å². The molecule has 0 aliphatic rings. The molecule has 0 saturated carbocycles. The molecule has 3 nitrogen and oxygen atoms in total. The monoisotopic (exact) mass is 350 g/mol. The Balaban J connectivity index is 3.11. The van der Waals surface area contributed by atoms with Crippen molar-refractivity contribution in [1.82, 2.24) is 4.98 Å². The predicted octanol–water partition coefficient (Wildman–Crippen LogP) is 3.28. The molecule has 0 atom stereocenters. The van der Waals surface area contributed by atoms with E-state index in [1.54, 1.807) is 0 Å². The van der Waals surface area contributed by atoms with Crippen LogP contribution in [0, 0.1) is 0 Å². The number of hydrogen-bond acceptors (Lipinski definition) is 2. The fraction of sp³-hybridized carbons (Fsp3) is 0.333. The van der Waals surface area contributed by atoms with Crippen molar-refractivity contribution in [3.8, 4) is 0 Å². The zero-order valence-corrected chi connectivity index (χ0v) is 10.4. The number of nitrogens with one attached hydrogen (secondary N) is 1. The topological polar surface area (TPSA) is 42.0 Å². The molecule has 0 bridgehead atoms. The fourth-order valence-corrected chi connectivity index (χ4v) is 1.16. The molecule has 1 aromatic heterocycles. The number of alkyl halides is 7. The zero-order chi connectivity index (χ0) is 14.9. The normalized spacial score (nSPS) is 13.2. The van der Waals surface area contributed by atoms with Crippen LogP contribution < -0.4 is 5.32 Å². The molecule has 0 aromatic carbocycles.